The lowest BCUT2D eigenvalue weighted by molar-refractivity contribution is -0.145. The second kappa shape index (κ2) is 5.48. The lowest BCUT2D eigenvalue weighted by atomic mass is 10.1. The van der Waals surface area contributed by atoms with E-state index in [2.05, 4.69) is 9.97 Å². The van der Waals surface area contributed by atoms with Gasteiger partial charge >= 0.3 is 5.97 Å². The summed E-state index contributed by atoms with van der Waals surface area (Å²) in [4.78, 5) is 19.3. The van der Waals surface area contributed by atoms with E-state index >= 15 is 0 Å². The van der Waals surface area contributed by atoms with Gasteiger partial charge in [0, 0.05) is 16.8 Å². The third-order valence-electron chi connectivity index (χ3n) is 2.85. The molecular formula is C14H14N2O3. The Hall–Kier alpha value is -2.43. The molecule has 98 valence electrons. The van der Waals surface area contributed by atoms with Crippen molar-refractivity contribution < 1.29 is 14.6 Å². The van der Waals surface area contributed by atoms with Crippen LogP contribution in [0.4, 0.5) is 0 Å². The van der Waals surface area contributed by atoms with E-state index < -0.39 is 12.1 Å². The molecular weight excluding hydrogens is 244 g/mol. The Morgan fingerprint density at radius 3 is 2.53 bits per heavy atom. The molecule has 0 amide bonds. The Morgan fingerprint density at radius 2 is 1.89 bits per heavy atom. The van der Waals surface area contributed by atoms with Crippen molar-refractivity contribution in [2.24, 2.45) is 0 Å². The summed E-state index contributed by atoms with van der Waals surface area (Å²) in [7, 11) is 0. The zero-order valence-corrected chi connectivity index (χ0v) is 10.7. The van der Waals surface area contributed by atoms with Crippen LogP contribution in [-0.2, 0) is 4.79 Å². The molecule has 0 aliphatic heterocycles. The summed E-state index contributed by atoms with van der Waals surface area (Å²) in [6.07, 6.45) is 0.288. The predicted molar refractivity (Wildman–Crippen MR) is 69.0 cm³/mol. The molecule has 1 unspecified atom stereocenters. The number of carboxylic acids is 1. The van der Waals surface area contributed by atoms with Gasteiger partial charge in [-0.1, -0.05) is 30.3 Å². The molecule has 19 heavy (non-hydrogen) atoms. The topological polar surface area (TPSA) is 72.3 Å². The van der Waals surface area contributed by atoms with Crippen molar-refractivity contribution in [1.29, 1.82) is 0 Å². The number of aliphatic carboxylic acids is 1. The van der Waals surface area contributed by atoms with Gasteiger partial charge in [-0.25, -0.2) is 14.8 Å². The molecule has 0 saturated carbocycles. The number of carboxylic acid groups (broad SMARTS) is 1. The maximum Gasteiger partial charge on any atom is 0.349 e. The number of nitrogens with zero attached hydrogens (tertiary/aromatic N) is 2. The Labute approximate surface area is 110 Å². The molecule has 0 aliphatic rings. The first-order chi connectivity index (χ1) is 9.09. The maximum absolute atomic E-state index is 11.3. The van der Waals surface area contributed by atoms with E-state index in [1.54, 1.807) is 31.2 Å². The van der Waals surface area contributed by atoms with Crippen molar-refractivity contribution in [3.63, 3.8) is 0 Å². The molecule has 1 aromatic heterocycles. The lowest BCUT2D eigenvalue weighted by Crippen LogP contribution is -2.19. The highest BCUT2D eigenvalue weighted by Gasteiger charge is 2.23. The minimum Gasteiger partial charge on any atom is -0.478 e. The van der Waals surface area contributed by atoms with Crippen LogP contribution >= 0.6 is 0 Å². The van der Waals surface area contributed by atoms with Gasteiger partial charge in [-0.2, -0.15) is 0 Å². The third-order valence-corrected chi connectivity index (χ3v) is 2.85. The van der Waals surface area contributed by atoms with E-state index in [1.807, 2.05) is 13.0 Å². The molecule has 1 heterocycles. The fourth-order valence-corrected chi connectivity index (χ4v) is 1.64. The second-order valence-electron chi connectivity index (χ2n) is 4.14. The zero-order valence-electron chi connectivity index (χ0n) is 10.7. The molecule has 0 radical (unpaired) electrons. The molecule has 1 atom stereocenters. The number of aryl methyl sites for hydroxylation is 1. The lowest BCUT2D eigenvalue weighted by Gasteiger charge is -2.16. The average molecular weight is 258 g/mol. The first-order valence-corrected chi connectivity index (χ1v) is 5.82. The first kappa shape index (κ1) is 13.0. The van der Waals surface area contributed by atoms with Crippen molar-refractivity contribution in [3.8, 4) is 5.88 Å². The van der Waals surface area contributed by atoms with E-state index in [9.17, 15) is 9.90 Å². The number of rotatable bonds is 4. The Balaban J connectivity index is 2.32. The molecule has 0 saturated heterocycles. The Kier molecular flexibility index (Phi) is 3.75. The SMILES string of the molecule is Cc1ncnc(OC(C(=O)O)c2ccccc2)c1C. The van der Waals surface area contributed by atoms with Gasteiger partial charge in [-0.15, -0.1) is 0 Å². The van der Waals surface area contributed by atoms with Gasteiger partial charge < -0.3 is 9.84 Å². The minimum absolute atomic E-state index is 0.295. The van der Waals surface area contributed by atoms with Crippen molar-refractivity contribution in [1.82, 2.24) is 9.97 Å². The maximum atomic E-state index is 11.3. The van der Waals surface area contributed by atoms with Crippen molar-refractivity contribution >= 4 is 5.97 Å². The van der Waals surface area contributed by atoms with Crippen LogP contribution in [0, 0.1) is 13.8 Å². The number of carbonyl (C=O) groups is 1. The Bertz CT molecular complexity index is 584. The van der Waals surface area contributed by atoms with Crippen molar-refractivity contribution in [3.05, 3.63) is 53.5 Å². The summed E-state index contributed by atoms with van der Waals surface area (Å²) in [5, 5.41) is 9.28. The summed E-state index contributed by atoms with van der Waals surface area (Å²) in [5.74, 6) is -0.759. The van der Waals surface area contributed by atoms with E-state index in [0.717, 1.165) is 11.3 Å². The molecule has 0 aliphatic carbocycles. The molecule has 2 rings (SSSR count). The molecule has 0 bridgehead atoms. The van der Waals surface area contributed by atoms with Crippen LogP contribution in [-0.4, -0.2) is 21.0 Å². The Morgan fingerprint density at radius 1 is 1.21 bits per heavy atom. The number of hydrogen-bond donors (Lipinski definition) is 1. The molecule has 2 aromatic rings. The quantitative estimate of drug-likeness (QED) is 0.911. The van der Waals surface area contributed by atoms with E-state index in [4.69, 9.17) is 4.74 Å². The van der Waals surface area contributed by atoms with Gasteiger partial charge in [-0.05, 0) is 13.8 Å². The number of benzene rings is 1. The summed E-state index contributed by atoms with van der Waals surface area (Å²) in [6, 6.07) is 8.78. The molecule has 1 aromatic carbocycles. The van der Waals surface area contributed by atoms with Crippen LogP contribution in [0.25, 0.3) is 0 Å². The van der Waals surface area contributed by atoms with Crippen LogP contribution in [0.2, 0.25) is 0 Å². The van der Waals surface area contributed by atoms with Crippen LogP contribution in [0.1, 0.15) is 22.9 Å². The highest BCUT2D eigenvalue weighted by atomic mass is 16.5. The highest BCUT2D eigenvalue weighted by molar-refractivity contribution is 5.74. The summed E-state index contributed by atoms with van der Waals surface area (Å²) >= 11 is 0. The van der Waals surface area contributed by atoms with Crippen LogP contribution in [0.5, 0.6) is 5.88 Å². The van der Waals surface area contributed by atoms with Crippen molar-refractivity contribution in [2.45, 2.75) is 20.0 Å². The smallest absolute Gasteiger partial charge is 0.349 e. The van der Waals surface area contributed by atoms with Gasteiger partial charge in [0.15, 0.2) is 0 Å². The summed E-state index contributed by atoms with van der Waals surface area (Å²) in [6.45, 7) is 3.62. The standard InChI is InChI=1S/C14H14N2O3/c1-9-10(2)15-8-16-13(9)19-12(14(17)18)11-6-4-3-5-7-11/h3-8,12H,1-2H3,(H,17,18). The fraction of sp³-hybridized carbons (Fsp3) is 0.214. The van der Waals surface area contributed by atoms with E-state index in [-0.39, 0.29) is 0 Å². The number of aromatic nitrogens is 2. The molecule has 0 spiro atoms. The molecule has 5 heteroatoms. The van der Waals surface area contributed by atoms with Crippen LogP contribution in [0.3, 0.4) is 0 Å². The second-order valence-corrected chi connectivity index (χ2v) is 4.14. The zero-order chi connectivity index (χ0) is 13.8. The predicted octanol–water partition coefficient (Wildman–Crippen LogP) is 2.30. The van der Waals surface area contributed by atoms with Crippen molar-refractivity contribution in [2.75, 3.05) is 0 Å². The molecule has 1 N–H and O–H groups in total. The van der Waals surface area contributed by atoms with Crippen LogP contribution in [0.15, 0.2) is 36.7 Å². The number of ether oxygens (including phenoxy) is 1. The van der Waals surface area contributed by atoms with E-state index in [0.29, 0.717) is 11.4 Å². The number of hydrogen-bond acceptors (Lipinski definition) is 4. The van der Waals surface area contributed by atoms with Gasteiger partial charge in [0.25, 0.3) is 0 Å². The highest BCUT2D eigenvalue weighted by Crippen LogP contribution is 2.24. The first-order valence-electron chi connectivity index (χ1n) is 5.82. The van der Waals surface area contributed by atoms with Gasteiger partial charge in [-0.3, -0.25) is 0 Å². The average Bonchev–Trinajstić information content (AvgIpc) is 2.41. The van der Waals surface area contributed by atoms with Gasteiger partial charge in [0.2, 0.25) is 12.0 Å². The molecule has 0 fully saturated rings. The third kappa shape index (κ3) is 2.88. The largest absolute Gasteiger partial charge is 0.478 e. The minimum atomic E-state index is -1.07. The normalized spacial score (nSPS) is 11.9. The van der Waals surface area contributed by atoms with Crippen LogP contribution < -0.4 is 4.74 Å². The monoisotopic (exact) mass is 258 g/mol. The van der Waals surface area contributed by atoms with Gasteiger partial charge in [0.1, 0.15) is 6.33 Å². The summed E-state index contributed by atoms with van der Waals surface area (Å²) in [5.41, 5.74) is 2.08. The fourth-order valence-electron chi connectivity index (χ4n) is 1.64. The molecule has 5 nitrogen and oxygen atoms in total. The van der Waals surface area contributed by atoms with Gasteiger partial charge in [0.05, 0.1) is 0 Å². The summed E-state index contributed by atoms with van der Waals surface area (Å²) < 4.78 is 5.52. The van der Waals surface area contributed by atoms with E-state index in [1.165, 1.54) is 6.33 Å².